The van der Waals surface area contributed by atoms with Crippen molar-refractivity contribution in [2.45, 2.75) is 17.9 Å². The van der Waals surface area contributed by atoms with Gasteiger partial charge in [0.15, 0.2) is 0 Å². The molecular weight excluding hydrogens is 316 g/mol. The zero-order valence-corrected chi connectivity index (χ0v) is 14.1. The first-order valence-corrected chi connectivity index (χ1v) is 8.79. The van der Waals surface area contributed by atoms with E-state index >= 15 is 0 Å². The monoisotopic (exact) mass is 332 g/mol. The minimum Gasteiger partial charge on any atom is -0.411 e. The van der Waals surface area contributed by atoms with Gasteiger partial charge in [0, 0.05) is 11.3 Å². The molecular formula is C20H16N2OS. The first kappa shape index (κ1) is 15.0. The van der Waals surface area contributed by atoms with Crippen LogP contribution in [0.1, 0.15) is 11.1 Å². The number of hydrogen-bond donors (Lipinski definition) is 0. The fraction of sp³-hybridized carbons (Fsp3) is 0.100. The third-order valence-corrected chi connectivity index (χ3v) is 4.88. The fourth-order valence-corrected chi connectivity index (χ4v) is 3.51. The quantitative estimate of drug-likeness (QED) is 0.463. The summed E-state index contributed by atoms with van der Waals surface area (Å²) < 4.78 is 5.83. The predicted molar refractivity (Wildman–Crippen MR) is 98.0 cm³/mol. The lowest BCUT2D eigenvalue weighted by molar-refractivity contribution is 0.465. The Labute approximate surface area is 144 Å². The Balaban J connectivity index is 1.56. The topological polar surface area (TPSA) is 38.9 Å². The molecule has 0 atom stereocenters. The average molecular weight is 332 g/mol. The molecule has 0 aliphatic heterocycles. The molecule has 0 saturated carbocycles. The summed E-state index contributed by atoms with van der Waals surface area (Å²) in [4.78, 5) is 0. The highest BCUT2D eigenvalue weighted by Gasteiger charge is 2.11. The summed E-state index contributed by atoms with van der Waals surface area (Å²) in [7, 11) is 0. The maximum atomic E-state index is 5.83. The molecule has 4 rings (SSSR count). The smallest absolute Gasteiger partial charge is 0.277 e. The Morgan fingerprint density at radius 2 is 1.67 bits per heavy atom. The lowest BCUT2D eigenvalue weighted by Crippen LogP contribution is -1.84. The molecule has 0 aliphatic rings. The molecule has 0 fully saturated rings. The number of rotatable bonds is 4. The van der Waals surface area contributed by atoms with E-state index in [4.69, 9.17) is 4.42 Å². The zero-order valence-electron chi connectivity index (χ0n) is 13.3. The first-order valence-electron chi connectivity index (χ1n) is 7.80. The third-order valence-electron chi connectivity index (χ3n) is 4.01. The molecule has 0 unspecified atom stereocenters. The van der Waals surface area contributed by atoms with Crippen LogP contribution in [-0.4, -0.2) is 10.2 Å². The van der Waals surface area contributed by atoms with E-state index < -0.39 is 0 Å². The molecule has 1 aromatic heterocycles. The molecule has 3 nitrogen and oxygen atoms in total. The van der Waals surface area contributed by atoms with Gasteiger partial charge in [0.1, 0.15) is 0 Å². The van der Waals surface area contributed by atoms with Crippen molar-refractivity contribution in [1.29, 1.82) is 0 Å². The van der Waals surface area contributed by atoms with Crippen molar-refractivity contribution in [2.24, 2.45) is 0 Å². The SMILES string of the molecule is Cc1ccccc1-c1nnc(SCc2cccc3ccccc23)o1. The second-order valence-electron chi connectivity index (χ2n) is 5.61. The van der Waals surface area contributed by atoms with Gasteiger partial charge in [-0.1, -0.05) is 72.4 Å². The summed E-state index contributed by atoms with van der Waals surface area (Å²) in [6.07, 6.45) is 0. The number of fused-ring (bicyclic) bond motifs is 1. The van der Waals surface area contributed by atoms with Crippen molar-refractivity contribution < 1.29 is 4.42 Å². The summed E-state index contributed by atoms with van der Waals surface area (Å²) in [6, 6.07) is 22.8. The van der Waals surface area contributed by atoms with Gasteiger partial charge in [-0.15, -0.1) is 10.2 Å². The normalized spacial score (nSPS) is 11.0. The second kappa shape index (κ2) is 6.49. The number of thioether (sulfide) groups is 1. The molecule has 24 heavy (non-hydrogen) atoms. The van der Waals surface area contributed by atoms with Gasteiger partial charge in [-0.2, -0.15) is 0 Å². The van der Waals surface area contributed by atoms with E-state index in [0.717, 1.165) is 16.9 Å². The summed E-state index contributed by atoms with van der Waals surface area (Å²) in [6.45, 7) is 2.04. The average Bonchev–Trinajstić information content (AvgIpc) is 3.09. The molecule has 4 heteroatoms. The summed E-state index contributed by atoms with van der Waals surface area (Å²) in [5, 5.41) is 11.5. The maximum Gasteiger partial charge on any atom is 0.277 e. The molecule has 0 saturated heterocycles. The van der Waals surface area contributed by atoms with Gasteiger partial charge in [0.2, 0.25) is 5.89 Å². The predicted octanol–water partition coefficient (Wildman–Crippen LogP) is 5.49. The third kappa shape index (κ3) is 2.93. The van der Waals surface area contributed by atoms with Gasteiger partial charge in [0.25, 0.3) is 5.22 Å². The van der Waals surface area contributed by atoms with E-state index in [9.17, 15) is 0 Å². The molecule has 4 aromatic rings. The molecule has 3 aromatic carbocycles. The van der Waals surface area contributed by atoms with Gasteiger partial charge < -0.3 is 4.42 Å². The lowest BCUT2D eigenvalue weighted by atomic mass is 10.1. The largest absolute Gasteiger partial charge is 0.411 e. The number of aromatic nitrogens is 2. The van der Waals surface area contributed by atoms with Crippen LogP contribution in [-0.2, 0) is 5.75 Å². The number of benzene rings is 3. The van der Waals surface area contributed by atoms with Crippen LogP contribution in [0.3, 0.4) is 0 Å². The van der Waals surface area contributed by atoms with E-state index in [-0.39, 0.29) is 0 Å². The Morgan fingerprint density at radius 3 is 2.58 bits per heavy atom. The minimum atomic E-state index is 0.577. The molecule has 0 N–H and O–H groups in total. The van der Waals surface area contributed by atoms with Gasteiger partial charge in [0.05, 0.1) is 0 Å². The van der Waals surface area contributed by atoms with Crippen molar-refractivity contribution >= 4 is 22.5 Å². The standard InChI is InChI=1S/C20H16N2OS/c1-14-7-2-4-11-17(14)19-21-22-20(23-19)24-13-16-10-6-9-15-8-3-5-12-18(15)16/h2-12H,13H2,1H3. The lowest BCUT2D eigenvalue weighted by Gasteiger charge is -2.04. The Bertz CT molecular complexity index is 988. The first-order chi connectivity index (χ1) is 11.8. The molecule has 0 amide bonds. The molecule has 0 spiro atoms. The van der Waals surface area contributed by atoms with E-state index in [1.165, 1.54) is 16.3 Å². The van der Waals surface area contributed by atoms with Gasteiger partial charge in [-0.25, -0.2) is 0 Å². The molecule has 0 bridgehead atoms. The van der Waals surface area contributed by atoms with Gasteiger partial charge in [-0.3, -0.25) is 0 Å². The Morgan fingerprint density at radius 1 is 0.875 bits per heavy atom. The van der Waals surface area contributed by atoms with Crippen molar-refractivity contribution in [1.82, 2.24) is 10.2 Å². The van der Waals surface area contributed by atoms with Crippen LogP contribution in [0.25, 0.3) is 22.2 Å². The van der Waals surface area contributed by atoms with Crippen molar-refractivity contribution in [3.63, 3.8) is 0 Å². The maximum absolute atomic E-state index is 5.83. The molecule has 118 valence electrons. The van der Waals surface area contributed by atoms with E-state index in [1.54, 1.807) is 11.8 Å². The van der Waals surface area contributed by atoms with Crippen LogP contribution in [0, 0.1) is 6.92 Å². The summed E-state index contributed by atoms with van der Waals surface area (Å²) in [5.41, 5.74) is 3.39. The van der Waals surface area contributed by atoms with Crippen LogP contribution in [0.2, 0.25) is 0 Å². The summed E-state index contributed by atoms with van der Waals surface area (Å²) >= 11 is 1.57. The Hall–Kier alpha value is -2.59. The molecule has 1 heterocycles. The van der Waals surface area contributed by atoms with Gasteiger partial charge >= 0.3 is 0 Å². The van der Waals surface area contributed by atoms with Crippen LogP contribution < -0.4 is 0 Å². The van der Waals surface area contributed by atoms with Crippen LogP contribution in [0.15, 0.2) is 76.4 Å². The van der Waals surface area contributed by atoms with E-state index in [2.05, 4.69) is 52.7 Å². The second-order valence-corrected chi connectivity index (χ2v) is 6.54. The highest BCUT2D eigenvalue weighted by Crippen LogP contribution is 2.29. The summed E-state index contributed by atoms with van der Waals surface area (Å²) in [5.74, 6) is 1.38. The van der Waals surface area contributed by atoms with Crippen LogP contribution in [0.5, 0.6) is 0 Å². The molecule has 0 aliphatic carbocycles. The highest BCUT2D eigenvalue weighted by atomic mass is 32.2. The van der Waals surface area contributed by atoms with Gasteiger partial charge in [-0.05, 0) is 34.9 Å². The van der Waals surface area contributed by atoms with Crippen molar-refractivity contribution in [3.8, 4) is 11.5 Å². The van der Waals surface area contributed by atoms with Crippen LogP contribution >= 0.6 is 11.8 Å². The van der Waals surface area contributed by atoms with Crippen LogP contribution in [0.4, 0.5) is 0 Å². The zero-order chi connectivity index (χ0) is 16.4. The molecule has 0 radical (unpaired) electrons. The fourth-order valence-electron chi connectivity index (χ4n) is 2.75. The van der Waals surface area contributed by atoms with Crippen molar-refractivity contribution in [3.05, 3.63) is 77.9 Å². The Kier molecular flexibility index (Phi) is 4.05. The number of nitrogens with zero attached hydrogens (tertiary/aromatic N) is 2. The number of hydrogen-bond acceptors (Lipinski definition) is 4. The minimum absolute atomic E-state index is 0.577. The highest BCUT2D eigenvalue weighted by molar-refractivity contribution is 7.98. The number of aryl methyl sites for hydroxylation is 1. The van der Waals surface area contributed by atoms with E-state index in [1.807, 2.05) is 31.2 Å². The van der Waals surface area contributed by atoms with Crippen molar-refractivity contribution in [2.75, 3.05) is 0 Å². The van der Waals surface area contributed by atoms with E-state index in [0.29, 0.717) is 11.1 Å².